The van der Waals surface area contributed by atoms with Crippen LogP contribution in [-0.2, 0) is 16.8 Å². The summed E-state index contributed by atoms with van der Waals surface area (Å²) in [5, 5.41) is 9.91. The van der Waals surface area contributed by atoms with E-state index in [0.717, 1.165) is 68.5 Å². The van der Waals surface area contributed by atoms with E-state index in [1.807, 2.05) is 0 Å². The fourth-order valence-corrected chi connectivity index (χ4v) is 4.40. The zero-order valence-electron chi connectivity index (χ0n) is 16.5. The van der Waals surface area contributed by atoms with Gasteiger partial charge in [-0.05, 0) is 11.0 Å². The smallest absolute Gasteiger partial charge is 0.193 e. The van der Waals surface area contributed by atoms with Gasteiger partial charge in [0.1, 0.15) is 0 Å². The summed E-state index contributed by atoms with van der Waals surface area (Å²) < 4.78 is 7.69. The number of rotatable bonds is 4. The number of ether oxygens (including phenoxy) is 1. The molecule has 146 valence electrons. The first-order chi connectivity index (χ1) is 13.0. The maximum absolute atomic E-state index is 5.44. The summed E-state index contributed by atoms with van der Waals surface area (Å²) in [6.45, 7) is 13.5. The lowest BCUT2D eigenvalue weighted by atomic mass is 9.87. The molecule has 2 aromatic rings. The summed E-state index contributed by atoms with van der Waals surface area (Å²) in [5.41, 5.74) is 2.64. The van der Waals surface area contributed by atoms with Crippen LogP contribution in [0.15, 0.2) is 29.4 Å². The number of hydrogen-bond donors (Lipinski definition) is 0. The topological polar surface area (TPSA) is 46.4 Å². The molecule has 0 radical (unpaired) electrons. The molecule has 2 aliphatic rings. The Bertz CT molecular complexity index is 762. The summed E-state index contributed by atoms with van der Waals surface area (Å²) in [6.07, 6.45) is 0. The highest BCUT2D eigenvalue weighted by molar-refractivity contribution is 7.99. The molecule has 0 atom stereocenters. The average molecular weight is 388 g/mol. The van der Waals surface area contributed by atoms with Crippen LogP contribution in [0.25, 0.3) is 11.4 Å². The minimum absolute atomic E-state index is 0.162. The minimum Gasteiger partial charge on any atom is -0.379 e. The molecule has 0 aliphatic carbocycles. The Labute approximate surface area is 165 Å². The Morgan fingerprint density at radius 1 is 1.00 bits per heavy atom. The predicted octanol–water partition coefficient (Wildman–Crippen LogP) is 2.90. The van der Waals surface area contributed by atoms with E-state index in [4.69, 9.17) is 4.74 Å². The Hall–Kier alpha value is -1.41. The van der Waals surface area contributed by atoms with Crippen LogP contribution >= 0.6 is 11.8 Å². The summed E-state index contributed by atoms with van der Waals surface area (Å²) in [5.74, 6) is 1.94. The molecule has 1 fully saturated rings. The maximum atomic E-state index is 5.44. The first kappa shape index (κ1) is 18.9. The number of nitrogens with zero attached hydrogens (tertiary/aromatic N) is 5. The van der Waals surface area contributed by atoms with Crippen LogP contribution in [0.2, 0.25) is 0 Å². The lowest BCUT2D eigenvalue weighted by Gasteiger charge is -2.32. The molecule has 7 heteroatoms. The second-order valence-electron chi connectivity index (χ2n) is 8.32. The van der Waals surface area contributed by atoms with E-state index in [2.05, 4.69) is 69.6 Å². The fourth-order valence-electron chi connectivity index (χ4n) is 3.49. The Balaban J connectivity index is 1.45. The van der Waals surface area contributed by atoms with Crippen LogP contribution in [0.1, 0.15) is 26.3 Å². The first-order valence-electron chi connectivity index (χ1n) is 9.70. The van der Waals surface area contributed by atoms with Crippen molar-refractivity contribution in [3.63, 3.8) is 0 Å². The molecule has 0 spiro atoms. The van der Waals surface area contributed by atoms with E-state index in [0.29, 0.717) is 0 Å². The van der Waals surface area contributed by atoms with E-state index in [1.54, 1.807) is 11.8 Å². The summed E-state index contributed by atoms with van der Waals surface area (Å²) >= 11 is 1.78. The number of hydrogen-bond acceptors (Lipinski definition) is 6. The molecule has 0 bridgehead atoms. The molecule has 2 aliphatic heterocycles. The molecule has 3 heterocycles. The van der Waals surface area contributed by atoms with E-state index in [-0.39, 0.29) is 5.41 Å². The van der Waals surface area contributed by atoms with Gasteiger partial charge in [-0.2, -0.15) is 0 Å². The number of fused-ring (bicyclic) bond motifs is 1. The molecule has 1 aromatic carbocycles. The fraction of sp³-hybridized carbons (Fsp3) is 0.600. The van der Waals surface area contributed by atoms with Gasteiger partial charge in [0, 0.05) is 31.7 Å². The Morgan fingerprint density at radius 2 is 1.70 bits per heavy atom. The van der Waals surface area contributed by atoms with Crippen LogP contribution in [-0.4, -0.2) is 69.8 Å². The van der Waals surface area contributed by atoms with Gasteiger partial charge in [0.05, 0.1) is 25.8 Å². The largest absolute Gasteiger partial charge is 0.379 e. The summed E-state index contributed by atoms with van der Waals surface area (Å²) in [7, 11) is 0. The second kappa shape index (κ2) is 7.91. The highest BCUT2D eigenvalue weighted by Crippen LogP contribution is 2.30. The molecule has 4 rings (SSSR count). The molecule has 6 nitrogen and oxygen atoms in total. The van der Waals surface area contributed by atoms with Crippen molar-refractivity contribution < 1.29 is 4.74 Å². The number of benzene rings is 1. The average Bonchev–Trinajstić information content (AvgIpc) is 3.10. The Morgan fingerprint density at radius 3 is 2.41 bits per heavy atom. The number of aromatic nitrogens is 3. The van der Waals surface area contributed by atoms with Gasteiger partial charge in [-0.15, -0.1) is 10.2 Å². The molecule has 0 saturated carbocycles. The molecule has 0 amide bonds. The van der Waals surface area contributed by atoms with Crippen molar-refractivity contribution in [2.24, 2.45) is 0 Å². The third-order valence-electron chi connectivity index (χ3n) is 5.28. The van der Waals surface area contributed by atoms with Crippen LogP contribution in [0.4, 0.5) is 0 Å². The van der Waals surface area contributed by atoms with Gasteiger partial charge in [0.15, 0.2) is 11.0 Å². The van der Waals surface area contributed by atoms with Gasteiger partial charge in [0.2, 0.25) is 0 Å². The predicted molar refractivity (Wildman–Crippen MR) is 109 cm³/mol. The van der Waals surface area contributed by atoms with Gasteiger partial charge >= 0.3 is 0 Å². The summed E-state index contributed by atoms with van der Waals surface area (Å²) in [6, 6.07) is 8.77. The van der Waals surface area contributed by atoms with Crippen molar-refractivity contribution in [3.8, 4) is 11.4 Å². The third-order valence-corrected chi connectivity index (χ3v) is 6.33. The third kappa shape index (κ3) is 4.37. The number of thioether (sulfide) groups is 1. The van der Waals surface area contributed by atoms with Gasteiger partial charge in [-0.25, -0.2) is 0 Å². The molecule has 1 aromatic heterocycles. The van der Waals surface area contributed by atoms with Gasteiger partial charge in [-0.1, -0.05) is 56.8 Å². The second-order valence-corrected chi connectivity index (χ2v) is 9.24. The van der Waals surface area contributed by atoms with Crippen molar-refractivity contribution in [1.82, 2.24) is 24.6 Å². The van der Waals surface area contributed by atoms with Crippen LogP contribution in [0.5, 0.6) is 0 Å². The normalized spacial score (nSPS) is 19.2. The molecule has 1 saturated heterocycles. The van der Waals surface area contributed by atoms with E-state index >= 15 is 0 Å². The van der Waals surface area contributed by atoms with Crippen molar-refractivity contribution in [2.75, 3.05) is 45.3 Å². The van der Waals surface area contributed by atoms with Crippen molar-refractivity contribution in [2.45, 2.75) is 38.0 Å². The van der Waals surface area contributed by atoms with Crippen LogP contribution in [0.3, 0.4) is 0 Å². The van der Waals surface area contributed by atoms with Gasteiger partial charge < -0.3 is 4.74 Å². The lowest BCUT2D eigenvalue weighted by molar-refractivity contribution is 0.0325. The highest BCUT2D eigenvalue weighted by atomic mass is 32.2. The van der Waals surface area contributed by atoms with Crippen molar-refractivity contribution in [3.05, 3.63) is 29.8 Å². The molecular weight excluding hydrogens is 358 g/mol. The van der Waals surface area contributed by atoms with E-state index in [9.17, 15) is 0 Å². The van der Waals surface area contributed by atoms with E-state index < -0.39 is 0 Å². The number of morpholine rings is 1. The standard InChI is InChI=1S/C20H29N5OS/c1-20(2,3)17-6-4-16(5-7-17)18-21-22-19-25(18)14-24(15-27-19)9-8-23-10-12-26-13-11-23/h4-7H,8-15H2,1-3H3. The highest BCUT2D eigenvalue weighted by Gasteiger charge is 2.23. The van der Waals surface area contributed by atoms with Crippen LogP contribution in [0, 0.1) is 0 Å². The molecule has 27 heavy (non-hydrogen) atoms. The minimum atomic E-state index is 0.162. The quantitative estimate of drug-likeness (QED) is 0.804. The molecule has 0 unspecified atom stereocenters. The van der Waals surface area contributed by atoms with Crippen LogP contribution < -0.4 is 0 Å². The Kier molecular flexibility index (Phi) is 5.55. The van der Waals surface area contributed by atoms with Gasteiger partial charge in [0.25, 0.3) is 0 Å². The first-order valence-corrected chi connectivity index (χ1v) is 10.7. The monoisotopic (exact) mass is 387 g/mol. The van der Waals surface area contributed by atoms with Crippen molar-refractivity contribution >= 4 is 11.8 Å². The van der Waals surface area contributed by atoms with E-state index in [1.165, 1.54) is 5.56 Å². The summed E-state index contributed by atoms with van der Waals surface area (Å²) in [4.78, 5) is 4.96. The SMILES string of the molecule is CC(C)(C)c1ccc(-c2nnc3n2CN(CCN2CCOCC2)CS3)cc1. The molecule has 0 N–H and O–H groups in total. The molecular formula is C20H29N5OS. The lowest BCUT2D eigenvalue weighted by Crippen LogP contribution is -2.42. The van der Waals surface area contributed by atoms with Gasteiger partial charge in [-0.3, -0.25) is 14.4 Å². The van der Waals surface area contributed by atoms with Crippen molar-refractivity contribution in [1.29, 1.82) is 0 Å². The maximum Gasteiger partial charge on any atom is 0.193 e. The zero-order valence-corrected chi connectivity index (χ0v) is 17.3. The zero-order chi connectivity index (χ0) is 18.9.